The second kappa shape index (κ2) is 5.12. The van der Waals surface area contributed by atoms with Crippen LogP contribution in [0.5, 0.6) is 11.5 Å². The lowest BCUT2D eigenvalue weighted by Crippen LogP contribution is -2.12. The molecule has 0 aromatic heterocycles. The summed E-state index contributed by atoms with van der Waals surface area (Å²) in [5, 5.41) is 0. The van der Waals surface area contributed by atoms with Crippen molar-refractivity contribution in [3.05, 3.63) is 24.3 Å². The van der Waals surface area contributed by atoms with Gasteiger partial charge in [0.2, 0.25) is 0 Å². The van der Waals surface area contributed by atoms with Gasteiger partial charge in [0.05, 0.1) is 0 Å². The molecule has 0 saturated carbocycles. The molecule has 0 fully saturated rings. The molecule has 0 amide bonds. The van der Waals surface area contributed by atoms with Crippen LogP contribution in [0.15, 0.2) is 24.3 Å². The van der Waals surface area contributed by atoms with Crippen molar-refractivity contribution >= 4 is 51.8 Å². The van der Waals surface area contributed by atoms with E-state index in [1.54, 1.807) is 0 Å². The van der Waals surface area contributed by atoms with E-state index in [1.165, 1.54) is 24.3 Å². The number of rotatable bonds is 2. The fraction of sp³-hybridized carbons (Fsp3) is 0.125. The lowest BCUT2D eigenvalue weighted by Gasteiger charge is -2.13. The molecule has 0 N–H and O–H groups in total. The Bertz CT molecular complexity index is 344. The second-order valence-corrected chi connectivity index (χ2v) is 4.84. The molecule has 1 aromatic carbocycles. The van der Waals surface area contributed by atoms with Crippen molar-refractivity contribution in [2.75, 3.05) is 0 Å². The number of hydrogen-bond acceptors (Lipinski definition) is 3. The van der Waals surface area contributed by atoms with Gasteiger partial charge in [-0.25, -0.2) is 4.79 Å². The maximum absolute atomic E-state index is 10.4. The smallest absolute Gasteiger partial charge is 0.409 e. The van der Waals surface area contributed by atoms with Crippen LogP contribution < -0.4 is 9.47 Å². The largest absolute Gasteiger partial charge is 0.446 e. The zero-order valence-electron chi connectivity index (χ0n) is 7.05. The Balaban J connectivity index is 2.68. The number of carbonyl (C=O) groups is 1. The average Bonchev–Trinajstić information content (AvgIpc) is 2.05. The molecule has 0 bridgehead atoms. The van der Waals surface area contributed by atoms with Crippen LogP contribution in [0.2, 0.25) is 0 Å². The van der Waals surface area contributed by atoms with Crippen molar-refractivity contribution in [1.29, 1.82) is 0 Å². The van der Waals surface area contributed by atoms with Crippen LogP contribution in [0.4, 0.5) is 4.79 Å². The van der Waals surface area contributed by atoms with E-state index in [9.17, 15) is 4.79 Å². The van der Waals surface area contributed by atoms with Gasteiger partial charge < -0.3 is 9.47 Å². The molecule has 0 saturated heterocycles. The molecule has 0 spiro atoms. The SMILES string of the molecule is O=C(Cl)Oc1ccc(OC(Cl)(Cl)Cl)cc1. The monoisotopic (exact) mass is 288 g/mol. The van der Waals surface area contributed by atoms with Gasteiger partial charge >= 0.3 is 9.41 Å². The maximum Gasteiger partial charge on any atom is 0.409 e. The van der Waals surface area contributed by atoms with Crippen molar-refractivity contribution in [2.24, 2.45) is 0 Å². The first-order valence-electron chi connectivity index (χ1n) is 3.60. The molecular formula is C8H4Cl4O3. The van der Waals surface area contributed by atoms with Gasteiger partial charge in [-0.15, -0.1) is 0 Å². The molecule has 0 unspecified atom stereocenters. The number of benzene rings is 1. The lowest BCUT2D eigenvalue weighted by atomic mass is 10.3. The van der Waals surface area contributed by atoms with Gasteiger partial charge in [0.1, 0.15) is 11.5 Å². The van der Waals surface area contributed by atoms with Crippen molar-refractivity contribution < 1.29 is 14.3 Å². The third kappa shape index (κ3) is 5.33. The van der Waals surface area contributed by atoms with Crippen LogP contribution in [0.3, 0.4) is 0 Å². The Kier molecular flexibility index (Phi) is 4.34. The van der Waals surface area contributed by atoms with Crippen LogP contribution in [-0.2, 0) is 0 Å². The minimum atomic E-state index is -1.83. The first kappa shape index (κ1) is 12.7. The molecule has 15 heavy (non-hydrogen) atoms. The number of carbonyl (C=O) groups excluding carboxylic acids is 1. The maximum atomic E-state index is 10.4. The minimum absolute atomic E-state index is 0.270. The molecule has 1 aromatic rings. The Morgan fingerprint density at radius 1 is 1.07 bits per heavy atom. The zero-order valence-corrected chi connectivity index (χ0v) is 10.1. The van der Waals surface area contributed by atoms with E-state index in [1.807, 2.05) is 0 Å². The number of ether oxygens (including phenoxy) is 2. The summed E-state index contributed by atoms with van der Waals surface area (Å²) in [5.41, 5.74) is -0.926. The van der Waals surface area contributed by atoms with Crippen LogP contribution in [0.25, 0.3) is 0 Å². The number of alkyl halides is 3. The molecule has 0 aliphatic heterocycles. The highest BCUT2D eigenvalue weighted by molar-refractivity contribution is 6.66. The lowest BCUT2D eigenvalue weighted by molar-refractivity contribution is 0.225. The van der Waals surface area contributed by atoms with E-state index in [0.717, 1.165) is 0 Å². The summed E-state index contributed by atoms with van der Waals surface area (Å²) in [6.07, 6.45) is 0. The van der Waals surface area contributed by atoms with Gasteiger partial charge in [-0.05, 0) is 59.1 Å². The molecule has 7 heteroatoms. The van der Waals surface area contributed by atoms with E-state index < -0.39 is 9.41 Å². The predicted molar refractivity (Wildman–Crippen MR) is 59.2 cm³/mol. The van der Waals surface area contributed by atoms with Crippen molar-refractivity contribution in [1.82, 2.24) is 0 Å². The van der Waals surface area contributed by atoms with E-state index in [0.29, 0.717) is 5.75 Å². The Morgan fingerprint density at radius 3 is 1.93 bits per heavy atom. The molecule has 0 aliphatic carbocycles. The van der Waals surface area contributed by atoms with Crippen LogP contribution >= 0.6 is 46.4 Å². The highest BCUT2D eigenvalue weighted by Gasteiger charge is 2.21. The van der Waals surface area contributed by atoms with E-state index >= 15 is 0 Å². The second-order valence-electron chi connectivity index (χ2n) is 2.36. The van der Waals surface area contributed by atoms with Crippen LogP contribution in [0.1, 0.15) is 0 Å². The van der Waals surface area contributed by atoms with Crippen molar-refractivity contribution in [3.63, 3.8) is 0 Å². The first-order chi connectivity index (χ1) is 6.87. The topological polar surface area (TPSA) is 35.5 Å². The van der Waals surface area contributed by atoms with E-state index in [2.05, 4.69) is 4.74 Å². The van der Waals surface area contributed by atoms with Gasteiger partial charge in [0, 0.05) is 11.6 Å². The summed E-state index contributed by atoms with van der Waals surface area (Å²) in [4.78, 5) is 10.4. The quantitative estimate of drug-likeness (QED) is 0.606. The Morgan fingerprint density at radius 2 is 1.53 bits per heavy atom. The molecule has 82 valence electrons. The summed E-state index contributed by atoms with van der Waals surface area (Å²) >= 11 is 21.2. The van der Waals surface area contributed by atoms with Gasteiger partial charge in [0.25, 0.3) is 0 Å². The summed E-state index contributed by atoms with van der Waals surface area (Å²) in [6, 6.07) is 5.84. The zero-order chi connectivity index (χ0) is 11.5. The third-order valence-corrected chi connectivity index (χ3v) is 1.56. The van der Waals surface area contributed by atoms with Gasteiger partial charge in [-0.2, -0.15) is 0 Å². The van der Waals surface area contributed by atoms with Crippen LogP contribution in [0, 0.1) is 0 Å². The van der Waals surface area contributed by atoms with Crippen molar-refractivity contribution in [3.8, 4) is 11.5 Å². The summed E-state index contributed by atoms with van der Waals surface area (Å²) in [6.45, 7) is 0. The first-order valence-corrected chi connectivity index (χ1v) is 5.11. The highest BCUT2D eigenvalue weighted by Crippen LogP contribution is 2.30. The van der Waals surface area contributed by atoms with E-state index in [-0.39, 0.29) is 5.75 Å². The third-order valence-electron chi connectivity index (χ3n) is 1.26. The van der Waals surface area contributed by atoms with Gasteiger partial charge in [-0.1, -0.05) is 0 Å². The molecule has 0 atom stereocenters. The summed E-state index contributed by atoms with van der Waals surface area (Å²) in [5.74, 6) is 0.594. The van der Waals surface area contributed by atoms with E-state index in [4.69, 9.17) is 51.1 Å². The minimum Gasteiger partial charge on any atom is -0.446 e. The molecule has 1 rings (SSSR count). The Hall–Kier alpha value is -0.350. The fourth-order valence-electron chi connectivity index (χ4n) is 0.802. The Labute approximate surface area is 106 Å². The number of hydrogen-bond donors (Lipinski definition) is 0. The molecule has 0 heterocycles. The molecule has 0 aliphatic rings. The van der Waals surface area contributed by atoms with Gasteiger partial charge in [-0.3, -0.25) is 0 Å². The summed E-state index contributed by atoms with van der Waals surface area (Å²) in [7, 11) is 0. The fourth-order valence-corrected chi connectivity index (χ4v) is 1.16. The molecule has 3 nitrogen and oxygen atoms in total. The highest BCUT2D eigenvalue weighted by atomic mass is 35.6. The normalized spacial score (nSPS) is 10.9. The number of halogens is 4. The van der Waals surface area contributed by atoms with Crippen molar-refractivity contribution in [2.45, 2.75) is 3.98 Å². The summed E-state index contributed by atoms with van der Waals surface area (Å²) < 4.78 is 7.63. The standard InChI is InChI=1S/C8H4Cl4O3/c9-7(13)14-5-1-3-6(4-2-5)15-8(10,11)12/h1-4H. The predicted octanol–water partition coefficient (Wildman–Crippen LogP) is 4.13. The molecular weight excluding hydrogens is 286 g/mol. The average molecular weight is 290 g/mol. The van der Waals surface area contributed by atoms with Crippen LogP contribution in [-0.4, -0.2) is 9.41 Å². The molecule has 0 radical (unpaired) electrons. The van der Waals surface area contributed by atoms with Gasteiger partial charge in [0.15, 0.2) is 0 Å².